The van der Waals surface area contributed by atoms with Crippen molar-refractivity contribution in [3.05, 3.63) is 35.4 Å². The molecule has 0 aliphatic carbocycles. The summed E-state index contributed by atoms with van der Waals surface area (Å²) in [6, 6.07) is 9.75. The molecule has 1 unspecified atom stereocenters. The van der Waals surface area contributed by atoms with Gasteiger partial charge in [0.05, 0.1) is 0 Å². The summed E-state index contributed by atoms with van der Waals surface area (Å²) < 4.78 is 0. The topological polar surface area (TPSA) is 15.3 Å². The van der Waals surface area contributed by atoms with E-state index in [4.69, 9.17) is 0 Å². The van der Waals surface area contributed by atoms with E-state index in [9.17, 15) is 0 Å². The number of rotatable bonds is 3. The monoisotopic (exact) mass is 232 g/mol. The van der Waals surface area contributed by atoms with Crippen LogP contribution in [0.5, 0.6) is 0 Å². The van der Waals surface area contributed by atoms with Gasteiger partial charge in [-0.3, -0.25) is 4.90 Å². The third-order valence-corrected chi connectivity index (χ3v) is 3.67. The van der Waals surface area contributed by atoms with Gasteiger partial charge >= 0.3 is 0 Å². The van der Waals surface area contributed by atoms with Crippen molar-refractivity contribution >= 4 is 0 Å². The maximum absolute atomic E-state index is 3.43. The van der Waals surface area contributed by atoms with Crippen LogP contribution in [-0.2, 0) is 6.54 Å². The molecule has 1 aliphatic heterocycles. The average molecular weight is 232 g/mol. The van der Waals surface area contributed by atoms with Crippen molar-refractivity contribution in [2.75, 3.05) is 19.6 Å². The Morgan fingerprint density at radius 1 is 1.29 bits per heavy atom. The van der Waals surface area contributed by atoms with E-state index in [0.29, 0.717) is 12.0 Å². The lowest BCUT2D eigenvalue weighted by molar-refractivity contribution is 0.165. The summed E-state index contributed by atoms with van der Waals surface area (Å²) in [6.07, 6.45) is 0. The van der Waals surface area contributed by atoms with Crippen LogP contribution >= 0.6 is 0 Å². The van der Waals surface area contributed by atoms with Gasteiger partial charge in [0.1, 0.15) is 0 Å². The Balaban J connectivity index is 1.98. The van der Waals surface area contributed by atoms with E-state index in [0.717, 1.165) is 26.2 Å². The van der Waals surface area contributed by atoms with Crippen molar-refractivity contribution in [1.29, 1.82) is 0 Å². The summed E-state index contributed by atoms with van der Waals surface area (Å²) in [5.74, 6) is 0.627. The zero-order chi connectivity index (χ0) is 12.3. The molecule has 1 aromatic rings. The average Bonchev–Trinajstić information content (AvgIpc) is 2.33. The highest BCUT2D eigenvalue weighted by Gasteiger charge is 2.17. The highest BCUT2D eigenvalue weighted by molar-refractivity contribution is 5.24. The fraction of sp³-hybridized carbons (Fsp3) is 0.600. The Morgan fingerprint density at radius 3 is 2.59 bits per heavy atom. The third kappa shape index (κ3) is 3.30. The van der Waals surface area contributed by atoms with Gasteiger partial charge in [0.2, 0.25) is 0 Å². The number of nitrogens with one attached hydrogen (secondary N) is 1. The van der Waals surface area contributed by atoms with E-state index in [1.54, 1.807) is 0 Å². The van der Waals surface area contributed by atoms with Crippen LogP contribution in [0.25, 0.3) is 0 Å². The van der Waals surface area contributed by atoms with Crippen molar-refractivity contribution < 1.29 is 0 Å². The maximum Gasteiger partial charge on any atom is 0.0237 e. The molecule has 2 nitrogen and oxygen atoms in total. The van der Waals surface area contributed by atoms with Crippen LogP contribution in [0.1, 0.15) is 37.8 Å². The first-order valence-corrected chi connectivity index (χ1v) is 6.70. The molecule has 0 radical (unpaired) electrons. The van der Waals surface area contributed by atoms with E-state index in [-0.39, 0.29) is 0 Å². The van der Waals surface area contributed by atoms with E-state index in [1.807, 2.05) is 0 Å². The summed E-state index contributed by atoms with van der Waals surface area (Å²) >= 11 is 0. The summed E-state index contributed by atoms with van der Waals surface area (Å²) in [5, 5.41) is 3.43. The first-order valence-electron chi connectivity index (χ1n) is 6.70. The molecule has 94 valence electrons. The van der Waals surface area contributed by atoms with Crippen LogP contribution < -0.4 is 5.32 Å². The molecule has 0 amide bonds. The number of hydrogen-bond donors (Lipinski definition) is 1. The molecule has 17 heavy (non-hydrogen) atoms. The molecular formula is C15H24N2. The minimum atomic E-state index is 0.627. The summed E-state index contributed by atoms with van der Waals surface area (Å²) in [7, 11) is 0. The van der Waals surface area contributed by atoms with Crippen molar-refractivity contribution in [3.63, 3.8) is 0 Å². The second-order valence-electron chi connectivity index (χ2n) is 5.42. The van der Waals surface area contributed by atoms with Crippen molar-refractivity contribution in [3.8, 4) is 0 Å². The van der Waals surface area contributed by atoms with Gasteiger partial charge < -0.3 is 5.32 Å². The van der Waals surface area contributed by atoms with Gasteiger partial charge in [-0.2, -0.15) is 0 Å². The molecule has 1 fully saturated rings. The Labute approximate surface area is 105 Å². The molecule has 0 aromatic heterocycles. The standard InChI is InChI=1S/C15H24N2/c1-12(2)15-6-4-14(5-7-15)11-17-9-8-16-10-13(17)3/h4-7,12-13,16H,8-11H2,1-3H3. The van der Waals surface area contributed by atoms with Gasteiger partial charge in [-0.25, -0.2) is 0 Å². The van der Waals surface area contributed by atoms with E-state index in [1.165, 1.54) is 11.1 Å². The van der Waals surface area contributed by atoms with Crippen molar-refractivity contribution in [2.24, 2.45) is 0 Å². The van der Waals surface area contributed by atoms with Gasteiger partial charge in [0.25, 0.3) is 0 Å². The molecule has 1 N–H and O–H groups in total. The van der Waals surface area contributed by atoms with Gasteiger partial charge in [0.15, 0.2) is 0 Å². The zero-order valence-electron chi connectivity index (χ0n) is 11.2. The third-order valence-electron chi connectivity index (χ3n) is 3.67. The summed E-state index contributed by atoms with van der Waals surface area (Å²) in [5.41, 5.74) is 2.87. The van der Waals surface area contributed by atoms with E-state index in [2.05, 4.69) is 55.3 Å². The second kappa shape index (κ2) is 5.65. The van der Waals surface area contributed by atoms with Crippen LogP contribution in [0, 0.1) is 0 Å². The highest BCUT2D eigenvalue weighted by atomic mass is 15.2. The lowest BCUT2D eigenvalue weighted by Crippen LogP contribution is -2.49. The Hall–Kier alpha value is -0.860. The van der Waals surface area contributed by atoms with Gasteiger partial charge in [-0.05, 0) is 24.0 Å². The van der Waals surface area contributed by atoms with E-state index >= 15 is 0 Å². The number of hydrogen-bond acceptors (Lipinski definition) is 2. The second-order valence-corrected chi connectivity index (χ2v) is 5.42. The fourth-order valence-corrected chi connectivity index (χ4v) is 2.36. The van der Waals surface area contributed by atoms with E-state index < -0.39 is 0 Å². The smallest absolute Gasteiger partial charge is 0.0237 e. The lowest BCUT2D eigenvalue weighted by atomic mass is 10.0. The van der Waals surface area contributed by atoms with Crippen LogP contribution in [-0.4, -0.2) is 30.6 Å². The molecule has 1 aliphatic rings. The Morgan fingerprint density at radius 2 is 2.00 bits per heavy atom. The summed E-state index contributed by atoms with van der Waals surface area (Å²) in [6.45, 7) is 11.3. The summed E-state index contributed by atoms with van der Waals surface area (Å²) in [4.78, 5) is 2.56. The number of piperazine rings is 1. The van der Waals surface area contributed by atoms with Crippen LogP contribution in [0.4, 0.5) is 0 Å². The molecule has 1 heterocycles. The minimum Gasteiger partial charge on any atom is -0.314 e. The molecule has 2 heteroatoms. The lowest BCUT2D eigenvalue weighted by Gasteiger charge is -2.33. The molecule has 0 saturated carbocycles. The maximum atomic E-state index is 3.43. The largest absolute Gasteiger partial charge is 0.314 e. The van der Waals surface area contributed by atoms with Crippen LogP contribution in [0.15, 0.2) is 24.3 Å². The first-order chi connectivity index (χ1) is 8.16. The number of benzene rings is 1. The van der Waals surface area contributed by atoms with Gasteiger partial charge in [-0.15, -0.1) is 0 Å². The molecule has 2 rings (SSSR count). The van der Waals surface area contributed by atoms with Gasteiger partial charge in [0, 0.05) is 32.2 Å². The first kappa shape index (κ1) is 12.6. The van der Waals surface area contributed by atoms with Crippen LogP contribution in [0.3, 0.4) is 0 Å². The Bertz CT molecular complexity index is 342. The molecule has 0 spiro atoms. The number of nitrogens with zero attached hydrogens (tertiary/aromatic N) is 1. The predicted octanol–water partition coefficient (Wildman–Crippen LogP) is 2.60. The molecule has 1 saturated heterocycles. The molecule has 0 bridgehead atoms. The predicted molar refractivity (Wildman–Crippen MR) is 73.3 cm³/mol. The van der Waals surface area contributed by atoms with Crippen LogP contribution in [0.2, 0.25) is 0 Å². The molecular weight excluding hydrogens is 208 g/mol. The molecule has 1 atom stereocenters. The Kier molecular flexibility index (Phi) is 4.19. The van der Waals surface area contributed by atoms with Crippen molar-refractivity contribution in [2.45, 2.75) is 39.3 Å². The highest BCUT2D eigenvalue weighted by Crippen LogP contribution is 2.16. The van der Waals surface area contributed by atoms with Crippen molar-refractivity contribution in [1.82, 2.24) is 10.2 Å². The van der Waals surface area contributed by atoms with Gasteiger partial charge in [-0.1, -0.05) is 38.1 Å². The molecule has 1 aromatic carbocycles. The SMILES string of the molecule is CC(C)c1ccc(CN2CCNCC2C)cc1. The quantitative estimate of drug-likeness (QED) is 0.862. The normalized spacial score (nSPS) is 22.0. The minimum absolute atomic E-state index is 0.627. The fourth-order valence-electron chi connectivity index (χ4n) is 2.36. The zero-order valence-corrected chi connectivity index (χ0v) is 11.2.